The van der Waals surface area contributed by atoms with E-state index in [4.69, 9.17) is 0 Å². The molecule has 2 rings (SSSR count). The molecule has 90 valence electrons. The maximum atomic E-state index is 12.0. The van der Waals surface area contributed by atoms with Gasteiger partial charge in [-0.15, -0.1) is 0 Å². The van der Waals surface area contributed by atoms with E-state index in [1.54, 1.807) is 0 Å². The largest absolute Gasteiger partial charge is 0.325 e. The normalized spacial score (nSPS) is 17.7. The van der Waals surface area contributed by atoms with Crippen LogP contribution < -0.4 is 5.56 Å². The van der Waals surface area contributed by atoms with Crippen molar-refractivity contribution in [3.8, 4) is 0 Å². The zero-order valence-electron chi connectivity index (χ0n) is 10.2. The fourth-order valence-electron chi connectivity index (χ4n) is 2.29. The Balaban J connectivity index is 2.62. The van der Waals surface area contributed by atoms with E-state index in [0.717, 1.165) is 0 Å². The molecule has 1 N–H and O–H groups in total. The Labute approximate surface area is 99.0 Å². The molecule has 1 aromatic heterocycles. The molecule has 0 unspecified atom stereocenters. The summed E-state index contributed by atoms with van der Waals surface area (Å²) in [4.78, 5) is 37.5. The van der Waals surface area contributed by atoms with Gasteiger partial charge in [0.05, 0.1) is 5.56 Å². The first-order valence-corrected chi connectivity index (χ1v) is 5.60. The van der Waals surface area contributed by atoms with Crippen LogP contribution in [-0.4, -0.2) is 16.6 Å². The Hall–Kier alpha value is -1.71. The number of hydrogen-bond donors (Lipinski definition) is 1. The summed E-state index contributed by atoms with van der Waals surface area (Å²) in [5.41, 5.74) is 0.680. The van der Waals surface area contributed by atoms with Crippen molar-refractivity contribution in [2.45, 2.75) is 33.6 Å². The number of carbonyl (C=O) groups excluding carboxylic acids is 2. The molecule has 1 heterocycles. The number of carbonyl (C=O) groups is 2. The summed E-state index contributed by atoms with van der Waals surface area (Å²) < 4.78 is 0. The Morgan fingerprint density at radius 1 is 1.29 bits per heavy atom. The van der Waals surface area contributed by atoms with Crippen molar-refractivity contribution in [3.63, 3.8) is 0 Å². The standard InChI is InChI=1S/C13H15NO3/c1-7(15)8-4-9-10(14-12(8)17)5-13(2,3)6-11(9)16/h4H,5-6H2,1-3H3,(H,14,17). The fourth-order valence-corrected chi connectivity index (χ4v) is 2.29. The molecule has 17 heavy (non-hydrogen) atoms. The Morgan fingerprint density at radius 3 is 2.53 bits per heavy atom. The van der Waals surface area contributed by atoms with Crippen LogP contribution in [0.2, 0.25) is 0 Å². The highest BCUT2D eigenvalue weighted by Crippen LogP contribution is 2.33. The number of hydrogen-bond acceptors (Lipinski definition) is 3. The van der Waals surface area contributed by atoms with Crippen LogP contribution in [0.25, 0.3) is 0 Å². The Morgan fingerprint density at radius 2 is 1.94 bits per heavy atom. The van der Waals surface area contributed by atoms with E-state index in [-0.39, 0.29) is 22.5 Å². The van der Waals surface area contributed by atoms with Gasteiger partial charge in [-0.25, -0.2) is 0 Å². The van der Waals surface area contributed by atoms with Crippen molar-refractivity contribution in [1.29, 1.82) is 0 Å². The van der Waals surface area contributed by atoms with Gasteiger partial charge in [0.1, 0.15) is 0 Å². The molecule has 0 amide bonds. The molecular weight excluding hydrogens is 218 g/mol. The summed E-state index contributed by atoms with van der Waals surface area (Å²) in [6, 6.07) is 1.44. The second-order valence-electron chi connectivity index (χ2n) is 5.40. The van der Waals surface area contributed by atoms with Crippen molar-refractivity contribution in [2.75, 3.05) is 0 Å². The van der Waals surface area contributed by atoms with Gasteiger partial charge in [0.2, 0.25) is 0 Å². The average Bonchev–Trinajstić information content (AvgIpc) is 2.13. The van der Waals surface area contributed by atoms with Gasteiger partial charge >= 0.3 is 0 Å². The van der Waals surface area contributed by atoms with E-state index < -0.39 is 5.56 Å². The summed E-state index contributed by atoms with van der Waals surface area (Å²) in [7, 11) is 0. The molecule has 0 radical (unpaired) electrons. The van der Waals surface area contributed by atoms with E-state index >= 15 is 0 Å². The second kappa shape index (κ2) is 3.65. The third-order valence-corrected chi connectivity index (χ3v) is 3.10. The molecule has 0 saturated carbocycles. The second-order valence-corrected chi connectivity index (χ2v) is 5.40. The topological polar surface area (TPSA) is 67.0 Å². The smallest absolute Gasteiger partial charge is 0.259 e. The lowest BCUT2D eigenvalue weighted by Gasteiger charge is -2.29. The number of rotatable bonds is 1. The van der Waals surface area contributed by atoms with Crippen molar-refractivity contribution in [3.05, 3.63) is 33.2 Å². The first-order valence-electron chi connectivity index (χ1n) is 5.60. The lowest BCUT2D eigenvalue weighted by Crippen LogP contribution is -2.31. The molecule has 1 aliphatic carbocycles. The summed E-state index contributed by atoms with van der Waals surface area (Å²) in [5, 5.41) is 0. The molecule has 4 nitrogen and oxygen atoms in total. The highest BCUT2D eigenvalue weighted by molar-refractivity contribution is 6.01. The van der Waals surface area contributed by atoms with Crippen molar-refractivity contribution >= 4 is 11.6 Å². The molecule has 0 atom stereocenters. The van der Waals surface area contributed by atoms with Gasteiger partial charge in [-0.1, -0.05) is 13.8 Å². The number of pyridine rings is 1. The van der Waals surface area contributed by atoms with Gasteiger partial charge in [0, 0.05) is 17.7 Å². The minimum absolute atomic E-state index is 0.00463. The van der Waals surface area contributed by atoms with Gasteiger partial charge in [-0.2, -0.15) is 0 Å². The van der Waals surface area contributed by atoms with E-state index in [1.165, 1.54) is 13.0 Å². The molecular formula is C13H15NO3. The molecule has 0 bridgehead atoms. The number of nitrogens with one attached hydrogen (secondary N) is 1. The maximum Gasteiger partial charge on any atom is 0.259 e. The van der Waals surface area contributed by atoms with Gasteiger partial charge in [0.25, 0.3) is 5.56 Å². The van der Waals surface area contributed by atoms with Crippen LogP contribution in [-0.2, 0) is 6.42 Å². The van der Waals surface area contributed by atoms with Crippen LogP contribution in [0.15, 0.2) is 10.9 Å². The van der Waals surface area contributed by atoms with E-state index in [0.29, 0.717) is 24.1 Å². The highest BCUT2D eigenvalue weighted by Gasteiger charge is 2.32. The van der Waals surface area contributed by atoms with Crippen LogP contribution in [0.5, 0.6) is 0 Å². The van der Waals surface area contributed by atoms with Gasteiger partial charge in [-0.05, 0) is 24.8 Å². The Kier molecular flexibility index (Phi) is 2.53. The number of aromatic amines is 1. The number of Topliss-reactive ketones (excluding diaryl/α,β-unsaturated/α-hetero) is 2. The van der Waals surface area contributed by atoms with Crippen LogP contribution in [0.3, 0.4) is 0 Å². The zero-order chi connectivity index (χ0) is 12.8. The van der Waals surface area contributed by atoms with Gasteiger partial charge in [0.15, 0.2) is 11.6 Å². The molecule has 1 aliphatic rings. The zero-order valence-corrected chi connectivity index (χ0v) is 10.2. The number of aromatic nitrogens is 1. The van der Waals surface area contributed by atoms with Gasteiger partial charge < -0.3 is 4.98 Å². The molecule has 0 aliphatic heterocycles. The van der Waals surface area contributed by atoms with E-state index in [1.807, 2.05) is 13.8 Å². The fraction of sp³-hybridized carbons (Fsp3) is 0.462. The van der Waals surface area contributed by atoms with Gasteiger partial charge in [-0.3, -0.25) is 14.4 Å². The van der Waals surface area contributed by atoms with Crippen molar-refractivity contribution in [1.82, 2.24) is 4.98 Å². The third kappa shape index (κ3) is 2.07. The summed E-state index contributed by atoms with van der Waals surface area (Å²) in [6.07, 6.45) is 1.10. The van der Waals surface area contributed by atoms with Crippen LogP contribution in [0, 0.1) is 5.41 Å². The van der Waals surface area contributed by atoms with E-state index in [2.05, 4.69) is 4.98 Å². The summed E-state index contributed by atoms with van der Waals surface area (Å²) in [6.45, 7) is 5.31. The van der Waals surface area contributed by atoms with Crippen LogP contribution >= 0.6 is 0 Å². The number of fused-ring (bicyclic) bond motifs is 1. The SMILES string of the molecule is CC(=O)c1cc2c([nH]c1=O)CC(C)(C)CC2=O. The minimum atomic E-state index is -0.401. The summed E-state index contributed by atoms with van der Waals surface area (Å²) in [5.74, 6) is -0.318. The first kappa shape index (κ1) is 11.8. The lowest BCUT2D eigenvalue weighted by molar-refractivity contribution is 0.0910. The van der Waals surface area contributed by atoms with Crippen molar-refractivity contribution in [2.24, 2.45) is 5.41 Å². The highest BCUT2D eigenvalue weighted by atomic mass is 16.1. The maximum absolute atomic E-state index is 12.0. The molecule has 1 aromatic rings. The number of H-pyrrole nitrogens is 1. The monoisotopic (exact) mass is 233 g/mol. The molecule has 4 heteroatoms. The van der Waals surface area contributed by atoms with Crippen LogP contribution in [0.4, 0.5) is 0 Å². The third-order valence-electron chi connectivity index (χ3n) is 3.10. The average molecular weight is 233 g/mol. The minimum Gasteiger partial charge on any atom is -0.325 e. The lowest BCUT2D eigenvalue weighted by atomic mass is 9.75. The van der Waals surface area contributed by atoms with E-state index in [9.17, 15) is 14.4 Å². The first-order chi connectivity index (χ1) is 7.80. The van der Waals surface area contributed by atoms with Crippen molar-refractivity contribution < 1.29 is 9.59 Å². The van der Waals surface area contributed by atoms with Crippen LogP contribution in [0.1, 0.15) is 53.6 Å². The summed E-state index contributed by atoms with van der Waals surface area (Å²) >= 11 is 0. The quantitative estimate of drug-likeness (QED) is 0.751. The predicted molar refractivity (Wildman–Crippen MR) is 63.5 cm³/mol. The number of ketones is 2. The predicted octanol–water partition coefficient (Wildman–Crippen LogP) is 1.73. The molecule has 0 aromatic carbocycles. The molecule has 0 saturated heterocycles. The molecule has 0 spiro atoms. The Bertz CT molecular complexity index is 567. The molecule has 0 fully saturated rings.